The average Bonchev–Trinajstić information content (AvgIpc) is 3.02. The molecule has 0 spiro atoms. The number of aromatic nitrogens is 4. The van der Waals surface area contributed by atoms with Crippen molar-refractivity contribution in [2.75, 3.05) is 13.1 Å². The Balaban J connectivity index is 1.37. The standard InChI is InChI=1S/C19H22N6O2/c1-13-20-9-6-14(22-13)12-21-18(26)24-10-7-15(8-11-24)25-17-5-3-2-4-16(17)23-19(25)27/h2-6,9,15H,7-8,10-12H2,1H3,(H,21,26)(H,23,27). The highest BCUT2D eigenvalue weighted by Crippen LogP contribution is 2.24. The number of hydrogen-bond donors (Lipinski definition) is 2. The predicted octanol–water partition coefficient (Wildman–Crippen LogP) is 1.97. The van der Waals surface area contributed by atoms with Crippen LogP contribution in [0.5, 0.6) is 0 Å². The van der Waals surface area contributed by atoms with Crippen molar-refractivity contribution in [1.82, 2.24) is 29.7 Å². The lowest BCUT2D eigenvalue weighted by Crippen LogP contribution is -2.45. The summed E-state index contributed by atoms with van der Waals surface area (Å²) in [5.41, 5.74) is 2.47. The summed E-state index contributed by atoms with van der Waals surface area (Å²) in [4.78, 5) is 37.8. The molecule has 0 atom stereocenters. The molecule has 8 heteroatoms. The molecule has 0 radical (unpaired) electrons. The van der Waals surface area contributed by atoms with Crippen LogP contribution >= 0.6 is 0 Å². The SMILES string of the molecule is Cc1nccc(CNC(=O)N2CCC(n3c(=O)[nH]c4ccccc43)CC2)n1. The number of fused-ring (bicyclic) bond motifs is 1. The quantitative estimate of drug-likeness (QED) is 0.741. The Kier molecular flexibility index (Phi) is 4.62. The number of piperidine rings is 1. The van der Waals surface area contributed by atoms with Crippen LogP contribution in [0.15, 0.2) is 41.3 Å². The third-order valence-electron chi connectivity index (χ3n) is 5.00. The highest BCUT2D eigenvalue weighted by Gasteiger charge is 2.25. The van der Waals surface area contributed by atoms with Crippen molar-refractivity contribution >= 4 is 17.1 Å². The van der Waals surface area contributed by atoms with Gasteiger partial charge in [-0.1, -0.05) is 12.1 Å². The summed E-state index contributed by atoms with van der Waals surface area (Å²) >= 11 is 0. The van der Waals surface area contributed by atoms with Crippen LogP contribution in [-0.4, -0.2) is 43.5 Å². The first-order chi connectivity index (χ1) is 13.1. The van der Waals surface area contributed by atoms with Gasteiger partial charge in [-0.15, -0.1) is 0 Å². The molecule has 1 saturated heterocycles. The minimum atomic E-state index is -0.101. The first-order valence-electron chi connectivity index (χ1n) is 9.12. The van der Waals surface area contributed by atoms with Crippen LogP contribution in [0.3, 0.4) is 0 Å². The van der Waals surface area contributed by atoms with Gasteiger partial charge < -0.3 is 15.2 Å². The summed E-state index contributed by atoms with van der Waals surface area (Å²) in [6, 6.07) is 9.50. The first-order valence-corrected chi connectivity index (χ1v) is 9.12. The van der Waals surface area contributed by atoms with Crippen LogP contribution in [0.1, 0.15) is 30.4 Å². The van der Waals surface area contributed by atoms with E-state index in [2.05, 4.69) is 20.3 Å². The van der Waals surface area contributed by atoms with E-state index in [9.17, 15) is 9.59 Å². The third kappa shape index (κ3) is 3.55. The van der Waals surface area contributed by atoms with Gasteiger partial charge in [-0.3, -0.25) is 4.57 Å². The van der Waals surface area contributed by atoms with Crippen LogP contribution < -0.4 is 11.0 Å². The predicted molar refractivity (Wildman–Crippen MR) is 101 cm³/mol. The Hall–Kier alpha value is -3.16. The minimum Gasteiger partial charge on any atom is -0.332 e. The number of aryl methyl sites for hydroxylation is 1. The second-order valence-corrected chi connectivity index (χ2v) is 6.79. The molecule has 1 fully saturated rings. The summed E-state index contributed by atoms with van der Waals surface area (Å²) in [6.45, 7) is 3.43. The number of nitrogens with one attached hydrogen (secondary N) is 2. The van der Waals surface area contributed by atoms with Crippen molar-refractivity contribution in [3.8, 4) is 0 Å². The summed E-state index contributed by atoms with van der Waals surface area (Å²) in [5.74, 6) is 0.687. The number of H-pyrrole nitrogens is 1. The van der Waals surface area contributed by atoms with E-state index < -0.39 is 0 Å². The molecule has 1 aromatic carbocycles. The number of imidazole rings is 1. The van der Waals surface area contributed by atoms with Gasteiger partial charge >= 0.3 is 11.7 Å². The topological polar surface area (TPSA) is 95.9 Å². The molecule has 1 aliphatic rings. The van der Waals surface area contributed by atoms with Crippen LogP contribution in [0.4, 0.5) is 4.79 Å². The number of likely N-dealkylation sites (tertiary alicyclic amines) is 1. The first kappa shape index (κ1) is 17.3. The maximum absolute atomic E-state index is 12.4. The van der Waals surface area contributed by atoms with Gasteiger partial charge in [0.1, 0.15) is 5.82 Å². The lowest BCUT2D eigenvalue weighted by molar-refractivity contribution is 0.171. The monoisotopic (exact) mass is 366 g/mol. The molecule has 4 rings (SSSR count). The fourth-order valence-corrected chi connectivity index (χ4v) is 3.65. The van der Waals surface area contributed by atoms with E-state index in [0.717, 1.165) is 29.6 Å². The van der Waals surface area contributed by atoms with Crippen LogP contribution in [-0.2, 0) is 6.54 Å². The molecule has 2 amide bonds. The molecule has 3 heterocycles. The molecular weight excluding hydrogens is 344 g/mol. The number of hydrogen-bond acceptors (Lipinski definition) is 4. The second kappa shape index (κ2) is 7.22. The van der Waals surface area contributed by atoms with E-state index in [1.807, 2.05) is 35.8 Å². The fraction of sp³-hybridized carbons (Fsp3) is 0.368. The molecule has 0 unspecified atom stereocenters. The van der Waals surface area contributed by atoms with Crippen LogP contribution in [0.2, 0.25) is 0 Å². The maximum Gasteiger partial charge on any atom is 0.326 e. The van der Waals surface area contributed by atoms with E-state index in [1.54, 1.807) is 17.2 Å². The van der Waals surface area contributed by atoms with Gasteiger partial charge in [0, 0.05) is 25.3 Å². The number of benzene rings is 1. The van der Waals surface area contributed by atoms with Gasteiger partial charge in [0.2, 0.25) is 0 Å². The van der Waals surface area contributed by atoms with Crippen molar-refractivity contribution < 1.29 is 4.79 Å². The number of aromatic amines is 1. The van der Waals surface area contributed by atoms with Crippen molar-refractivity contribution in [3.05, 3.63) is 58.5 Å². The molecule has 2 N–H and O–H groups in total. The highest BCUT2D eigenvalue weighted by atomic mass is 16.2. The lowest BCUT2D eigenvalue weighted by Gasteiger charge is -2.32. The average molecular weight is 366 g/mol. The van der Waals surface area contributed by atoms with E-state index in [4.69, 9.17) is 0 Å². The zero-order valence-corrected chi connectivity index (χ0v) is 15.2. The van der Waals surface area contributed by atoms with Gasteiger partial charge in [0.25, 0.3) is 0 Å². The molecule has 0 aliphatic carbocycles. The van der Waals surface area contributed by atoms with Gasteiger partial charge in [0.05, 0.1) is 23.3 Å². The lowest BCUT2D eigenvalue weighted by atomic mass is 10.0. The van der Waals surface area contributed by atoms with Gasteiger partial charge in [-0.05, 0) is 38.0 Å². The minimum absolute atomic E-state index is 0.0850. The van der Waals surface area contributed by atoms with Crippen LogP contribution in [0, 0.1) is 6.92 Å². The second-order valence-electron chi connectivity index (χ2n) is 6.79. The van der Waals surface area contributed by atoms with Crippen molar-refractivity contribution in [2.24, 2.45) is 0 Å². The largest absolute Gasteiger partial charge is 0.332 e. The fourth-order valence-electron chi connectivity index (χ4n) is 3.65. The molecular formula is C19H22N6O2. The molecule has 3 aromatic rings. The maximum atomic E-state index is 12.4. The van der Waals surface area contributed by atoms with Crippen molar-refractivity contribution in [1.29, 1.82) is 0 Å². The van der Waals surface area contributed by atoms with E-state index in [0.29, 0.717) is 25.5 Å². The Morgan fingerprint density at radius 2 is 2.04 bits per heavy atom. The molecule has 0 saturated carbocycles. The van der Waals surface area contributed by atoms with Crippen molar-refractivity contribution in [3.63, 3.8) is 0 Å². The van der Waals surface area contributed by atoms with Gasteiger partial charge in [0.15, 0.2) is 0 Å². The Bertz CT molecular complexity index is 1020. The zero-order chi connectivity index (χ0) is 18.8. The number of rotatable bonds is 3. The number of amides is 2. The number of carbonyl (C=O) groups excluding carboxylic acids is 1. The highest BCUT2D eigenvalue weighted by molar-refractivity contribution is 5.75. The van der Waals surface area contributed by atoms with E-state index in [1.165, 1.54) is 0 Å². The molecule has 1 aliphatic heterocycles. The van der Waals surface area contributed by atoms with Crippen LogP contribution in [0.25, 0.3) is 11.0 Å². The smallest absolute Gasteiger partial charge is 0.326 e. The van der Waals surface area contributed by atoms with Crippen molar-refractivity contribution in [2.45, 2.75) is 32.4 Å². The Morgan fingerprint density at radius 1 is 1.26 bits per heavy atom. The number of urea groups is 1. The Morgan fingerprint density at radius 3 is 2.81 bits per heavy atom. The number of carbonyl (C=O) groups is 1. The summed E-state index contributed by atoms with van der Waals surface area (Å²) in [7, 11) is 0. The third-order valence-corrected chi connectivity index (χ3v) is 5.00. The molecule has 2 aromatic heterocycles. The number of para-hydroxylation sites is 2. The molecule has 8 nitrogen and oxygen atoms in total. The molecule has 0 bridgehead atoms. The molecule has 27 heavy (non-hydrogen) atoms. The summed E-state index contributed by atoms with van der Waals surface area (Å²) in [5, 5.41) is 2.91. The molecule has 140 valence electrons. The Labute approximate surface area is 156 Å². The summed E-state index contributed by atoms with van der Waals surface area (Å²) in [6.07, 6.45) is 3.19. The zero-order valence-electron chi connectivity index (χ0n) is 15.2. The van der Waals surface area contributed by atoms with E-state index >= 15 is 0 Å². The van der Waals surface area contributed by atoms with Gasteiger partial charge in [-0.2, -0.15) is 0 Å². The van der Waals surface area contributed by atoms with E-state index in [-0.39, 0.29) is 17.8 Å². The number of nitrogens with zero attached hydrogens (tertiary/aromatic N) is 4. The van der Waals surface area contributed by atoms with Gasteiger partial charge in [-0.25, -0.2) is 19.6 Å². The normalized spacial score (nSPS) is 15.2. The summed E-state index contributed by atoms with van der Waals surface area (Å²) < 4.78 is 1.83.